The van der Waals surface area contributed by atoms with Crippen molar-refractivity contribution in [1.29, 1.82) is 0 Å². The number of rotatable bonds is 4. The van der Waals surface area contributed by atoms with E-state index in [0.29, 0.717) is 12.3 Å². The van der Waals surface area contributed by atoms with Gasteiger partial charge in [0.15, 0.2) is 0 Å². The van der Waals surface area contributed by atoms with E-state index in [-0.39, 0.29) is 17.9 Å². The van der Waals surface area contributed by atoms with Gasteiger partial charge < -0.3 is 10.2 Å². The monoisotopic (exact) mass is 314 g/mol. The highest BCUT2D eigenvalue weighted by molar-refractivity contribution is 5.80. The van der Waals surface area contributed by atoms with Crippen molar-refractivity contribution in [3.63, 3.8) is 0 Å². The van der Waals surface area contributed by atoms with Gasteiger partial charge in [-0.1, -0.05) is 43.2 Å². The van der Waals surface area contributed by atoms with Crippen LogP contribution >= 0.6 is 0 Å². The van der Waals surface area contributed by atoms with E-state index in [1.807, 2.05) is 35.2 Å². The lowest BCUT2D eigenvalue weighted by atomic mass is 10.0. The highest BCUT2D eigenvalue weighted by Crippen LogP contribution is 2.27. The minimum Gasteiger partial charge on any atom is -0.353 e. The van der Waals surface area contributed by atoms with Crippen LogP contribution in [0, 0.1) is 5.92 Å². The van der Waals surface area contributed by atoms with Gasteiger partial charge in [0.25, 0.3) is 0 Å². The highest BCUT2D eigenvalue weighted by Gasteiger charge is 2.30. The van der Waals surface area contributed by atoms with Crippen LogP contribution in [-0.4, -0.2) is 35.8 Å². The first kappa shape index (κ1) is 16.0. The van der Waals surface area contributed by atoms with Crippen LogP contribution in [0.5, 0.6) is 0 Å². The SMILES string of the molecule is O=C(Cc1ccccc1)NC1CCN(C(=O)C2CCCC2)CC1. The fourth-order valence-corrected chi connectivity index (χ4v) is 3.74. The Morgan fingerprint density at radius 2 is 1.65 bits per heavy atom. The predicted molar refractivity (Wildman–Crippen MR) is 89.8 cm³/mol. The van der Waals surface area contributed by atoms with Crippen LogP contribution in [0.3, 0.4) is 0 Å². The number of hydrogen-bond acceptors (Lipinski definition) is 2. The van der Waals surface area contributed by atoms with Gasteiger partial charge in [-0.3, -0.25) is 9.59 Å². The number of carbonyl (C=O) groups is 2. The lowest BCUT2D eigenvalue weighted by Gasteiger charge is -2.34. The third-order valence-electron chi connectivity index (χ3n) is 5.08. The summed E-state index contributed by atoms with van der Waals surface area (Å²) < 4.78 is 0. The maximum atomic E-state index is 12.4. The molecular weight excluding hydrogens is 288 g/mol. The van der Waals surface area contributed by atoms with Crippen LogP contribution in [-0.2, 0) is 16.0 Å². The highest BCUT2D eigenvalue weighted by atomic mass is 16.2. The fourth-order valence-electron chi connectivity index (χ4n) is 3.74. The number of nitrogens with zero attached hydrogens (tertiary/aromatic N) is 1. The molecule has 2 aliphatic rings. The standard InChI is InChI=1S/C19H26N2O2/c22-18(14-15-6-2-1-3-7-15)20-17-10-12-21(13-11-17)19(23)16-8-4-5-9-16/h1-3,6-7,16-17H,4-5,8-14H2,(H,20,22). The van der Waals surface area contributed by atoms with Gasteiger partial charge in [-0.25, -0.2) is 0 Å². The van der Waals surface area contributed by atoms with Gasteiger partial charge in [-0.15, -0.1) is 0 Å². The lowest BCUT2D eigenvalue weighted by molar-refractivity contribution is -0.136. The van der Waals surface area contributed by atoms with Crippen molar-refractivity contribution in [2.45, 2.75) is 51.0 Å². The lowest BCUT2D eigenvalue weighted by Crippen LogP contribution is -2.48. The zero-order valence-electron chi connectivity index (χ0n) is 13.7. The predicted octanol–water partition coefficient (Wildman–Crippen LogP) is 2.53. The maximum absolute atomic E-state index is 12.4. The Bertz CT molecular complexity index is 530. The molecule has 0 aromatic heterocycles. The Balaban J connectivity index is 1.42. The number of amides is 2. The first-order valence-electron chi connectivity index (χ1n) is 8.84. The molecule has 4 heteroatoms. The summed E-state index contributed by atoms with van der Waals surface area (Å²) in [6.45, 7) is 1.57. The van der Waals surface area contributed by atoms with E-state index in [1.165, 1.54) is 12.8 Å². The van der Waals surface area contributed by atoms with E-state index in [4.69, 9.17) is 0 Å². The number of likely N-dealkylation sites (tertiary alicyclic amines) is 1. The molecule has 1 saturated carbocycles. The molecule has 1 aromatic rings. The second-order valence-electron chi connectivity index (χ2n) is 6.81. The third kappa shape index (κ3) is 4.34. The second kappa shape index (κ2) is 7.62. The van der Waals surface area contributed by atoms with Gasteiger partial charge in [0, 0.05) is 25.0 Å². The van der Waals surface area contributed by atoms with Crippen molar-refractivity contribution in [1.82, 2.24) is 10.2 Å². The average Bonchev–Trinajstić information content (AvgIpc) is 3.10. The number of hydrogen-bond donors (Lipinski definition) is 1. The summed E-state index contributed by atoms with van der Waals surface area (Å²) in [5.41, 5.74) is 1.04. The van der Waals surface area contributed by atoms with Crippen molar-refractivity contribution in [2.24, 2.45) is 5.92 Å². The van der Waals surface area contributed by atoms with Crippen LogP contribution in [0.25, 0.3) is 0 Å². The number of nitrogens with one attached hydrogen (secondary N) is 1. The summed E-state index contributed by atoms with van der Waals surface area (Å²) in [6.07, 6.45) is 6.70. The molecule has 1 aliphatic carbocycles. The molecule has 4 nitrogen and oxygen atoms in total. The molecule has 124 valence electrons. The molecule has 0 unspecified atom stereocenters. The van der Waals surface area contributed by atoms with Crippen LogP contribution in [0.15, 0.2) is 30.3 Å². The molecule has 0 atom stereocenters. The van der Waals surface area contributed by atoms with Crippen LogP contribution in [0.1, 0.15) is 44.1 Å². The first-order chi connectivity index (χ1) is 11.2. The zero-order chi connectivity index (χ0) is 16.1. The van der Waals surface area contributed by atoms with E-state index in [9.17, 15) is 9.59 Å². The minimum absolute atomic E-state index is 0.0803. The van der Waals surface area contributed by atoms with Crippen LogP contribution in [0.4, 0.5) is 0 Å². The average molecular weight is 314 g/mol. The van der Waals surface area contributed by atoms with Gasteiger partial charge >= 0.3 is 0 Å². The molecule has 0 spiro atoms. The largest absolute Gasteiger partial charge is 0.353 e. The number of piperidine rings is 1. The fraction of sp³-hybridized carbons (Fsp3) is 0.579. The summed E-state index contributed by atoms with van der Waals surface area (Å²) >= 11 is 0. The molecule has 3 rings (SSSR count). The van der Waals surface area contributed by atoms with Gasteiger partial charge in [-0.2, -0.15) is 0 Å². The Morgan fingerprint density at radius 3 is 2.30 bits per heavy atom. The van der Waals surface area contributed by atoms with Crippen molar-refractivity contribution in [3.8, 4) is 0 Å². The summed E-state index contributed by atoms with van der Waals surface area (Å²) in [5.74, 6) is 0.688. The maximum Gasteiger partial charge on any atom is 0.225 e. The molecule has 1 aliphatic heterocycles. The van der Waals surface area contributed by atoms with Crippen molar-refractivity contribution >= 4 is 11.8 Å². The van der Waals surface area contributed by atoms with E-state index >= 15 is 0 Å². The van der Waals surface area contributed by atoms with Crippen molar-refractivity contribution in [3.05, 3.63) is 35.9 Å². The van der Waals surface area contributed by atoms with Crippen molar-refractivity contribution in [2.75, 3.05) is 13.1 Å². The Morgan fingerprint density at radius 1 is 1.00 bits per heavy atom. The molecule has 23 heavy (non-hydrogen) atoms. The summed E-state index contributed by atoms with van der Waals surface area (Å²) in [5, 5.41) is 3.12. The number of benzene rings is 1. The molecule has 2 fully saturated rings. The molecule has 0 bridgehead atoms. The zero-order valence-corrected chi connectivity index (χ0v) is 13.7. The van der Waals surface area contributed by atoms with E-state index in [1.54, 1.807) is 0 Å². The number of carbonyl (C=O) groups excluding carboxylic acids is 2. The van der Waals surface area contributed by atoms with E-state index in [0.717, 1.165) is 44.3 Å². The van der Waals surface area contributed by atoms with Gasteiger partial charge in [0.1, 0.15) is 0 Å². The molecule has 1 N–H and O–H groups in total. The van der Waals surface area contributed by atoms with Gasteiger partial charge in [0.2, 0.25) is 11.8 Å². The molecule has 2 amide bonds. The Hall–Kier alpha value is -1.84. The van der Waals surface area contributed by atoms with Crippen LogP contribution < -0.4 is 5.32 Å². The van der Waals surface area contributed by atoms with Crippen LogP contribution in [0.2, 0.25) is 0 Å². The molecule has 1 heterocycles. The summed E-state index contributed by atoms with van der Waals surface area (Å²) in [7, 11) is 0. The third-order valence-corrected chi connectivity index (χ3v) is 5.08. The Labute approximate surface area is 138 Å². The quantitative estimate of drug-likeness (QED) is 0.928. The Kier molecular flexibility index (Phi) is 5.31. The van der Waals surface area contributed by atoms with Crippen molar-refractivity contribution < 1.29 is 9.59 Å². The normalized spacial score (nSPS) is 19.7. The molecule has 1 saturated heterocycles. The topological polar surface area (TPSA) is 49.4 Å². The molecule has 0 radical (unpaired) electrons. The van der Waals surface area contributed by atoms with E-state index < -0.39 is 0 Å². The molecular formula is C19H26N2O2. The minimum atomic E-state index is 0.0803. The van der Waals surface area contributed by atoms with E-state index in [2.05, 4.69) is 5.32 Å². The second-order valence-corrected chi connectivity index (χ2v) is 6.81. The first-order valence-corrected chi connectivity index (χ1v) is 8.84. The summed E-state index contributed by atoms with van der Waals surface area (Å²) in [4.78, 5) is 26.5. The van der Waals surface area contributed by atoms with Gasteiger partial charge in [-0.05, 0) is 31.2 Å². The van der Waals surface area contributed by atoms with Gasteiger partial charge in [0.05, 0.1) is 6.42 Å². The summed E-state index contributed by atoms with van der Waals surface area (Å²) in [6, 6.07) is 10.0. The smallest absolute Gasteiger partial charge is 0.225 e. The molecule has 1 aromatic carbocycles.